The Hall–Kier alpha value is -0.940. The van der Waals surface area contributed by atoms with E-state index in [-0.39, 0.29) is 31.4 Å². The van der Waals surface area contributed by atoms with Crippen molar-refractivity contribution >= 4 is 11.8 Å². The van der Waals surface area contributed by atoms with Gasteiger partial charge in [0, 0.05) is 19.6 Å². The Balaban J connectivity index is 3.86. The minimum atomic E-state index is -0.990. The first-order chi connectivity index (χ1) is 7.96. The Morgan fingerprint density at radius 3 is 2.47 bits per heavy atom. The van der Waals surface area contributed by atoms with Gasteiger partial charge in [-0.25, -0.2) is 0 Å². The van der Waals surface area contributed by atoms with Crippen LogP contribution < -0.4 is 0 Å². The van der Waals surface area contributed by atoms with Crippen molar-refractivity contribution < 1.29 is 24.2 Å². The Labute approximate surface area is 102 Å². The lowest BCUT2D eigenvalue weighted by atomic mass is 9.88. The van der Waals surface area contributed by atoms with Gasteiger partial charge in [-0.3, -0.25) is 9.59 Å². The molecule has 100 valence electrons. The zero-order valence-corrected chi connectivity index (χ0v) is 10.8. The molecule has 17 heavy (non-hydrogen) atoms. The number of hydrogen-bond acceptors (Lipinski definition) is 5. The Kier molecular flexibility index (Phi) is 7.74. The van der Waals surface area contributed by atoms with Crippen LogP contribution in [0.25, 0.3) is 0 Å². The highest BCUT2D eigenvalue weighted by molar-refractivity contribution is 5.82. The molecule has 0 heterocycles. The van der Waals surface area contributed by atoms with Gasteiger partial charge in [0.25, 0.3) is 0 Å². The van der Waals surface area contributed by atoms with Gasteiger partial charge in [-0.15, -0.1) is 0 Å². The molecule has 0 saturated heterocycles. The number of hydrogen-bond donors (Lipinski definition) is 1. The maximum absolute atomic E-state index is 11.3. The molecule has 0 aliphatic heterocycles. The summed E-state index contributed by atoms with van der Waals surface area (Å²) >= 11 is 0. The van der Waals surface area contributed by atoms with E-state index in [2.05, 4.69) is 0 Å². The lowest BCUT2D eigenvalue weighted by Crippen LogP contribution is -2.35. The maximum Gasteiger partial charge on any atom is 0.305 e. The molecule has 0 spiro atoms. The van der Waals surface area contributed by atoms with Gasteiger partial charge in [0.1, 0.15) is 12.4 Å². The lowest BCUT2D eigenvalue weighted by molar-refractivity contribution is -0.151. The van der Waals surface area contributed by atoms with Crippen LogP contribution in [0.2, 0.25) is 0 Å². The maximum atomic E-state index is 11.3. The fourth-order valence-electron chi connectivity index (χ4n) is 1.03. The van der Waals surface area contributed by atoms with Crippen LogP contribution in [0.5, 0.6) is 0 Å². The van der Waals surface area contributed by atoms with Gasteiger partial charge >= 0.3 is 5.97 Å². The molecule has 0 aromatic rings. The van der Waals surface area contributed by atoms with Gasteiger partial charge in [-0.1, -0.05) is 0 Å². The number of ether oxygens (including phenoxy) is 2. The molecule has 0 bridgehead atoms. The molecule has 0 aliphatic carbocycles. The highest BCUT2D eigenvalue weighted by Gasteiger charge is 2.30. The van der Waals surface area contributed by atoms with E-state index in [1.165, 1.54) is 6.92 Å². The van der Waals surface area contributed by atoms with E-state index < -0.39 is 5.41 Å². The SMILES string of the molecule is CCOCCCC(=O)OCC(C)(CO)C(C)=O. The Bertz CT molecular complexity index is 251. The van der Waals surface area contributed by atoms with E-state index >= 15 is 0 Å². The van der Waals surface area contributed by atoms with Crippen molar-refractivity contribution in [1.82, 2.24) is 0 Å². The van der Waals surface area contributed by atoms with Crippen LogP contribution in [0.1, 0.15) is 33.6 Å². The summed E-state index contributed by atoms with van der Waals surface area (Å²) in [5, 5.41) is 9.08. The van der Waals surface area contributed by atoms with Crippen molar-refractivity contribution in [1.29, 1.82) is 0 Å². The summed E-state index contributed by atoms with van der Waals surface area (Å²) in [6.45, 7) is 5.58. The van der Waals surface area contributed by atoms with Crippen molar-refractivity contribution in [2.24, 2.45) is 5.41 Å². The number of Topliss-reactive ketones (excluding diaryl/α,β-unsaturated/α-hetero) is 1. The van der Waals surface area contributed by atoms with E-state index in [0.29, 0.717) is 19.6 Å². The Morgan fingerprint density at radius 1 is 1.35 bits per heavy atom. The minimum Gasteiger partial charge on any atom is -0.465 e. The van der Waals surface area contributed by atoms with Gasteiger partial charge in [0.05, 0.1) is 12.0 Å². The van der Waals surface area contributed by atoms with E-state index in [4.69, 9.17) is 14.6 Å². The summed E-state index contributed by atoms with van der Waals surface area (Å²) in [5.74, 6) is -0.562. The summed E-state index contributed by atoms with van der Waals surface area (Å²) in [6.07, 6.45) is 0.863. The van der Waals surface area contributed by atoms with Crippen molar-refractivity contribution in [2.75, 3.05) is 26.4 Å². The summed E-state index contributed by atoms with van der Waals surface area (Å²) in [6, 6.07) is 0. The van der Waals surface area contributed by atoms with Crippen LogP contribution in [-0.2, 0) is 19.1 Å². The number of carbonyl (C=O) groups is 2. The molecule has 1 N–H and O–H groups in total. The number of rotatable bonds is 9. The fourth-order valence-corrected chi connectivity index (χ4v) is 1.03. The summed E-state index contributed by atoms with van der Waals surface area (Å²) in [4.78, 5) is 22.6. The summed E-state index contributed by atoms with van der Waals surface area (Å²) < 4.78 is 10.1. The standard InChI is InChI=1S/C12H22O5/c1-4-16-7-5-6-11(15)17-9-12(3,8-13)10(2)14/h13H,4-9H2,1-3H3. The van der Waals surface area contributed by atoms with Crippen LogP contribution in [0, 0.1) is 5.41 Å². The molecule has 1 unspecified atom stereocenters. The molecule has 5 nitrogen and oxygen atoms in total. The fraction of sp³-hybridized carbons (Fsp3) is 0.833. The number of carbonyl (C=O) groups excluding carboxylic acids is 2. The van der Waals surface area contributed by atoms with Gasteiger partial charge in [-0.2, -0.15) is 0 Å². The van der Waals surface area contributed by atoms with Crippen molar-refractivity contribution in [2.45, 2.75) is 33.6 Å². The van der Waals surface area contributed by atoms with Crippen LogP contribution in [-0.4, -0.2) is 43.3 Å². The molecule has 0 amide bonds. The quantitative estimate of drug-likeness (QED) is 0.484. The second-order valence-electron chi connectivity index (χ2n) is 4.24. The molecule has 0 saturated carbocycles. The lowest BCUT2D eigenvalue weighted by Gasteiger charge is -2.23. The first kappa shape index (κ1) is 16.1. The summed E-state index contributed by atoms with van der Waals surface area (Å²) in [5.41, 5.74) is -0.990. The predicted molar refractivity (Wildman–Crippen MR) is 62.6 cm³/mol. The number of aliphatic hydroxyl groups excluding tert-OH is 1. The number of ketones is 1. The smallest absolute Gasteiger partial charge is 0.305 e. The van der Waals surface area contributed by atoms with Crippen molar-refractivity contribution in [3.8, 4) is 0 Å². The van der Waals surface area contributed by atoms with Crippen molar-refractivity contribution in [3.63, 3.8) is 0 Å². The first-order valence-electron chi connectivity index (χ1n) is 5.81. The number of aliphatic hydroxyl groups is 1. The number of esters is 1. The second kappa shape index (κ2) is 8.20. The van der Waals surface area contributed by atoms with Gasteiger partial charge < -0.3 is 14.6 Å². The molecular formula is C12H22O5. The molecule has 0 aliphatic rings. The van der Waals surface area contributed by atoms with Crippen LogP contribution in [0.15, 0.2) is 0 Å². The van der Waals surface area contributed by atoms with Crippen LogP contribution in [0.4, 0.5) is 0 Å². The molecule has 0 aromatic heterocycles. The monoisotopic (exact) mass is 246 g/mol. The molecule has 0 fully saturated rings. The third-order valence-electron chi connectivity index (χ3n) is 2.62. The van der Waals surface area contributed by atoms with E-state index in [1.54, 1.807) is 6.92 Å². The molecular weight excluding hydrogens is 224 g/mol. The van der Waals surface area contributed by atoms with E-state index in [1.807, 2.05) is 6.92 Å². The summed E-state index contributed by atoms with van der Waals surface area (Å²) in [7, 11) is 0. The van der Waals surface area contributed by atoms with Gasteiger partial charge in [0.2, 0.25) is 0 Å². The average Bonchev–Trinajstić information content (AvgIpc) is 2.31. The molecule has 0 rings (SSSR count). The molecule has 0 radical (unpaired) electrons. The molecule has 5 heteroatoms. The normalized spacial score (nSPS) is 14.1. The van der Waals surface area contributed by atoms with Gasteiger partial charge in [0.15, 0.2) is 0 Å². The Morgan fingerprint density at radius 2 is 2.00 bits per heavy atom. The third kappa shape index (κ3) is 6.38. The topological polar surface area (TPSA) is 72.8 Å². The minimum absolute atomic E-state index is 0.0771. The first-order valence-corrected chi connectivity index (χ1v) is 5.81. The largest absolute Gasteiger partial charge is 0.465 e. The highest BCUT2D eigenvalue weighted by Crippen LogP contribution is 2.17. The van der Waals surface area contributed by atoms with E-state index in [0.717, 1.165) is 0 Å². The zero-order valence-electron chi connectivity index (χ0n) is 10.8. The average molecular weight is 246 g/mol. The molecule has 1 atom stereocenters. The van der Waals surface area contributed by atoms with Crippen LogP contribution >= 0.6 is 0 Å². The third-order valence-corrected chi connectivity index (χ3v) is 2.62. The predicted octanol–water partition coefficient (Wildman–Crippen LogP) is 0.934. The highest BCUT2D eigenvalue weighted by atomic mass is 16.5. The second-order valence-corrected chi connectivity index (χ2v) is 4.24. The van der Waals surface area contributed by atoms with Crippen molar-refractivity contribution in [3.05, 3.63) is 0 Å². The van der Waals surface area contributed by atoms with E-state index in [9.17, 15) is 9.59 Å². The zero-order chi connectivity index (χ0) is 13.3. The molecule has 0 aromatic carbocycles. The van der Waals surface area contributed by atoms with Gasteiger partial charge in [-0.05, 0) is 27.2 Å². The van der Waals surface area contributed by atoms with Crippen LogP contribution in [0.3, 0.4) is 0 Å².